The first-order valence-electron chi connectivity index (χ1n) is 7.45. The van der Waals surface area contributed by atoms with Crippen molar-refractivity contribution in [1.29, 1.82) is 0 Å². The first-order valence-corrected chi connectivity index (χ1v) is 7.45. The maximum atomic E-state index is 5.60. The molecule has 22 heavy (non-hydrogen) atoms. The van der Waals surface area contributed by atoms with Crippen molar-refractivity contribution >= 4 is 10.9 Å². The Morgan fingerprint density at radius 1 is 1.23 bits per heavy atom. The fourth-order valence-electron chi connectivity index (χ4n) is 2.95. The Labute approximate surface area is 130 Å². The van der Waals surface area contributed by atoms with Gasteiger partial charge in [-0.15, -0.1) is 0 Å². The third kappa shape index (κ3) is 2.50. The van der Waals surface area contributed by atoms with E-state index in [0.29, 0.717) is 0 Å². The lowest BCUT2D eigenvalue weighted by molar-refractivity contribution is 0.411. The zero-order chi connectivity index (χ0) is 15.7. The van der Waals surface area contributed by atoms with Gasteiger partial charge in [0.2, 0.25) is 0 Å². The summed E-state index contributed by atoms with van der Waals surface area (Å²) in [6.07, 6.45) is 4.90. The van der Waals surface area contributed by atoms with E-state index in [0.717, 1.165) is 35.6 Å². The topological polar surface area (TPSA) is 30.5 Å². The summed E-state index contributed by atoms with van der Waals surface area (Å²) in [4.78, 5) is 2.20. The lowest BCUT2D eigenvalue weighted by Gasteiger charge is -2.11. The fraction of sp³-hybridized carbons (Fsp3) is 0.333. The maximum absolute atomic E-state index is 5.60. The molecule has 0 fully saturated rings. The van der Waals surface area contributed by atoms with Crippen LogP contribution in [0.5, 0.6) is 5.75 Å². The standard InChI is InChI=1S/C18H22N2O2/c1-19(2)10-9-13-12-20(3)18-14(15-6-5-11-22-15)7-8-16(21-4)17(13)18/h5-8,11-12H,9-10H2,1-4H3. The molecule has 0 aliphatic carbocycles. The van der Waals surface area contributed by atoms with Gasteiger partial charge in [-0.1, -0.05) is 0 Å². The van der Waals surface area contributed by atoms with Crippen molar-refractivity contribution in [2.75, 3.05) is 27.7 Å². The molecule has 1 aromatic carbocycles. The number of aromatic nitrogens is 1. The van der Waals surface area contributed by atoms with E-state index >= 15 is 0 Å². The van der Waals surface area contributed by atoms with Crippen LogP contribution in [-0.2, 0) is 13.5 Å². The van der Waals surface area contributed by atoms with Gasteiger partial charge in [0.25, 0.3) is 0 Å². The Morgan fingerprint density at radius 2 is 2.05 bits per heavy atom. The Kier molecular flexibility index (Phi) is 3.94. The lowest BCUT2D eigenvalue weighted by atomic mass is 10.0. The number of fused-ring (bicyclic) bond motifs is 1. The Balaban J connectivity index is 2.21. The minimum atomic E-state index is 0.882. The molecule has 4 heteroatoms. The van der Waals surface area contributed by atoms with Crippen LogP contribution in [0.2, 0.25) is 0 Å². The number of likely N-dealkylation sites (N-methyl/N-ethyl adjacent to an activating group) is 1. The smallest absolute Gasteiger partial charge is 0.135 e. The molecule has 0 radical (unpaired) electrons. The van der Waals surface area contributed by atoms with E-state index in [1.807, 2.05) is 18.2 Å². The molecule has 2 aromatic heterocycles. The van der Waals surface area contributed by atoms with Crippen LogP contribution in [0.3, 0.4) is 0 Å². The summed E-state index contributed by atoms with van der Waals surface area (Å²) in [6.45, 7) is 1.01. The van der Waals surface area contributed by atoms with Gasteiger partial charge in [0, 0.05) is 30.7 Å². The second-order valence-electron chi connectivity index (χ2n) is 5.83. The van der Waals surface area contributed by atoms with Crippen molar-refractivity contribution in [2.24, 2.45) is 7.05 Å². The molecule has 0 N–H and O–H groups in total. The highest BCUT2D eigenvalue weighted by molar-refractivity contribution is 5.99. The number of rotatable bonds is 5. The largest absolute Gasteiger partial charge is 0.496 e. The van der Waals surface area contributed by atoms with Gasteiger partial charge in [0.15, 0.2) is 0 Å². The highest BCUT2D eigenvalue weighted by Gasteiger charge is 2.17. The van der Waals surface area contributed by atoms with E-state index in [2.05, 4.69) is 42.9 Å². The van der Waals surface area contributed by atoms with Crippen molar-refractivity contribution in [2.45, 2.75) is 6.42 Å². The van der Waals surface area contributed by atoms with E-state index in [-0.39, 0.29) is 0 Å². The van der Waals surface area contributed by atoms with Crippen LogP contribution in [0.15, 0.2) is 41.1 Å². The molecule has 2 heterocycles. The van der Waals surface area contributed by atoms with Gasteiger partial charge in [0.1, 0.15) is 11.5 Å². The summed E-state index contributed by atoms with van der Waals surface area (Å²) < 4.78 is 13.4. The minimum Gasteiger partial charge on any atom is -0.496 e. The number of ether oxygens (including phenoxy) is 1. The fourth-order valence-corrected chi connectivity index (χ4v) is 2.95. The van der Waals surface area contributed by atoms with Gasteiger partial charge in [-0.05, 0) is 50.3 Å². The molecule has 0 aliphatic heterocycles. The van der Waals surface area contributed by atoms with E-state index < -0.39 is 0 Å². The molecule has 4 nitrogen and oxygen atoms in total. The highest BCUT2D eigenvalue weighted by Crippen LogP contribution is 2.37. The molecular formula is C18H22N2O2. The summed E-state index contributed by atoms with van der Waals surface area (Å²) in [6, 6.07) is 8.00. The van der Waals surface area contributed by atoms with Crippen LogP contribution in [-0.4, -0.2) is 37.2 Å². The molecule has 0 unspecified atom stereocenters. The zero-order valence-corrected chi connectivity index (χ0v) is 13.6. The number of hydrogen-bond donors (Lipinski definition) is 0. The highest BCUT2D eigenvalue weighted by atomic mass is 16.5. The lowest BCUT2D eigenvalue weighted by Crippen LogP contribution is -2.14. The summed E-state index contributed by atoms with van der Waals surface area (Å²) in [5, 5.41) is 1.18. The predicted octanol–water partition coefficient (Wildman–Crippen LogP) is 3.55. The van der Waals surface area contributed by atoms with E-state index in [1.165, 1.54) is 10.9 Å². The molecule has 0 atom stereocenters. The summed E-state index contributed by atoms with van der Waals surface area (Å²) in [5.74, 6) is 1.80. The second-order valence-corrected chi connectivity index (χ2v) is 5.83. The summed E-state index contributed by atoms with van der Waals surface area (Å²) >= 11 is 0. The molecule has 3 rings (SSSR count). The van der Waals surface area contributed by atoms with E-state index in [1.54, 1.807) is 13.4 Å². The van der Waals surface area contributed by atoms with Crippen LogP contribution in [0.1, 0.15) is 5.56 Å². The van der Waals surface area contributed by atoms with Gasteiger partial charge < -0.3 is 18.6 Å². The van der Waals surface area contributed by atoms with Crippen molar-refractivity contribution < 1.29 is 9.15 Å². The second kappa shape index (κ2) is 5.89. The van der Waals surface area contributed by atoms with E-state index in [9.17, 15) is 0 Å². The van der Waals surface area contributed by atoms with Crippen LogP contribution < -0.4 is 4.74 Å². The first kappa shape index (κ1) is 14.7. The predicted molar refractivity (Wildman–Crippen MR) is 89.4 cm³/mol. The van der Waals surface area contributed by atoms with Gasteiger partial charge in [-0.3, -0.25) is 0 Å². The first-order chi connectivity index (χ1) is 10.6. The van der Waals surface area contributed by atoms with E-state index in [4.69, 9.17) is 9.15 Å². The third-order valence-electron chi connectivity index (χ3n) is 4.00. The van der Waals surface area contributed by atoms with Gasteiger partial charge in [0.05, 0.1) is 18.9 Å². The van der Waals surface area contributed by atoms with Gasteiger partial charge in [-0.25, -0.2) is 0 Å². The number of nitrogens with zero attached hydrogens (tertiary/aromatic N) is 2. The minimum absolute atomic E-state index is 0.882. The average Bonchev–Trinajstić information content (AvgIpc) is 3.13. The van der Waals surface area contributed by atoms with Crippen molar-refractivity contribution in [3.63, 3.8) is 0 Å². The molecule has 0 spiro atoms. The maximum Gasteiger partial charge on any atom is 0.135 e. The molecule has 116 valence electrons. The van der Waals surface area contributed by atoms with Gasteiger partial charge >= 0.3 is 0 Å². The molecule has 3 aromatic rings. The molecule has 0 saturated heterocycles. The third-order valence-corrected chi connectivity index (χ3v) is 4.00. The quantitative estimate of drug-likeness (QED) is 0.721. The van der Waals surface area contributed by atoms with Crippen LogP contribution >= 0.6 is 0 Å². The molecule has 0 aliphatic rings. The summed E-state index contributed by atoms with van der Waals surface area (Å²) in [7, 11) is 7.99. The molecule has 0 bridgehead atoms. The van der Waals surface area contributed by atoms with Crippen molar-refractivity contribution in [1.82, 2.24) is 9.47 Å². The van der Waals surface area contributed by atoms with Crippen LogP contribution in [0.4, 0.5) is 0 Å². The Morgan fingerprint density at radius 3 is 2.68 bits per heavy atom. The zero-order valence-electron chi connectivity index (χ0n) is 13.6. The molecular weight excluding hydrogens is 276 g/mol. The number of furan rings is 1. The number of aryl methyl sites for hydroxylation is 1. The number of benzene rings is 1. The monoisotopic (exact) mass is 298 g/mol. The Bertz CT molecular complexity index is 770. The summed E-state index contributed by atoms with van der Waals surface area (Å²) in [5.41, 5.74) is 3.55. The normalized spacial score (nSPS) is 11.5. The van der Waals surface area contributed by atoms with Crippen molar-refractivity contribution in [3.05, 3.63) is 42.3 Å². The van der Waals surface area contributed by atoms with Crippen molar-refractivity contribution in [3.8, 4) is 17.1 Å². The van der Waals surface area contributed by atoms with Gasteiger partial charge in [-0.2, -0.15) is 0 Å². The average molecular weight is 298 g/mol. The van der Waals surface area contributed by atoms with Crippen LogP contribution in [0.25, 0.3) is 22.2 Å². The number of hydrogen-bond acceptors (Lipinski definition) is 3. The Hall–Kier alpha value is -2.20. The molecule has 0 amide bonds. The number of methoxy groups -OCH3 is 1. The molecule has 0 saturated carbocycles. The SMILES string of the molecule is COc1ccc(-c2ccco2)c2c1c(CCN(C)C)cn2C. The van der Waals surface area contributed by atoms with Crippen LogP contribution in [0, 0.1) is 0 Å².